The summed E-state index contributed by atoms with van der Waals surface area (Å²) in [5.41, 5.74) is 7.91. The molecule has 1 heterocycles. The Labute approximate surface area is 101 Å². The number of hydrogen-bond acceptors (Lipinski definition) is 3. The smallest absolute Gasteiger partial charge is 0.256 e. The summed E-state index contributed by atoms with van der Waals surface area (Å²) in [6, 6.07) is 5.37. The molecule has 0 aromatic heterocycles. The van der Waals surface area contributed by atoms with Gasteiger partial charge in [0.1, 0.15) is 0 Å². The highest BCUT2D eigenvalue weighted by Crippen LogP contribution is 2.30. The molecule has 0 saturated heterocycles. The number of amides is 1. The number of rotatable bonds is 3. The van der Waals surface area contributed by atoms with Crippen molar-refractivity contribution in [3.8, 4) is 0 Å². The summed E-state index contributed by atoms with van der Waals surface area (Å²) in [6.07, 6.45) is 0. The van der Waals surface area contributed by atoms with E-state index in [-0.39, 0.29) is 24.5 Å². The molecule has 0 bridgehead atoms. The summed E-state index contributed by atoms with van der Waals surface area (Å²) in [5.74, 6) is 0.158. The molecule has 4 heteroatoms. The fraction of sp³-hybridized carbons (Fsp3) is 0.462. The van der Waals surface area contributed by atoms with Crippen LogP contribution < -0.4 is 5.73 Å². The van der Waals surface area contributed by atoms with Crippen LogP contribution in [0.5, 0.6) is 0 Å². The maximum absolute atomic E-state index is 12.3. The number of aliphatic hydroxyl groups is 1. The van der Waals surface area contributed by atoms with Crippen LogP contribution in [-0.2, 0) is 6.54 Å². The zero-order valence-electron chi connectivity index (χ0n) is 10.2. The Balaban J connectivity index is 2.34. The van der Waals surface area contributed by atoms with E-state index >= 15 is 0 Å². The van der Waals surface area contributed by atoms with Crippen molar-refractivity contribution in [3.05, 3.63) is 29.3 Å². The number of carbonyl (C=O) groups excluding carboxylic acids is 1. The van der Waals surface area contributed by atoms with Crippen LogP contribution in [-0.4, -0.2) is 28.6 Å². The Bertz CT molecular complexity index is 443. The van der Waals surface area contributed by atoms with Crippen LogP contribution in [0.3, 0.4) is 0 Å². The first-order chi connectivity index (χ1) is 8.06. The van der Waals surface area contributed by atoms with Gasteiger partial charge in [-0.15, -0.1) is 0 Å². The van der Waals surface area contributed by atoms with Gasteiger partial charge < -0.3 is 15.7 Å². The molecule has 1 aliphatic heterocycles. The monoisotopic (exact) mass is 234 g/mol. The van der Waals surface area contributed by atoms with Crippen molar-refractivity contribution in [1.82, 2.24) is 4.90 Å². The van der Waals surface area contributed by atoms with Gasteiger partial charge in [0.2, 0.25) is 0 Å². The Morgan fingerprint density at radius 1 is 1.47 bits per heavy atom. The van der Waals surface area contributed by atoms with Crippen molar-refractivity contribution in [2.45, 2.75) is 26.4 Å². The minimum Gasteiger partial charge on any atom is -0.398 e. The van der Waals surface area contributed by atoms with Gasteiger partial charge in [0, 0.05) is 12.2 Å². The molecule has 1 atom stereocenters. The van der Waals surface area contributed by atoms with Crippen LogP contribution >= 0.6 is 0 Å². The van der Waals surface area contributed by atoms with Crippen molar-refractivity contribution in [2.24, 2.45) is 5.92 Å². The van der Waals surface area contributed by atoms with Crippen molar-refractivity contribution in [1.29, 1.82) is 0 Å². The molecule has 0 fully saturated rings. The summed E-state index contributed by atoms with van der Waals surface area (Å²) in [6.45, 7) is 4.53. The number of nitrogen functional groups attached to an aromatic ring is 1. The van der Waals surface area contributed by atoms with Crippen molar-refractivity contribution in [3.63, 3.8) is 0 Å². The van der Waals surface area contributed by atoms with E-state index in [1.165, 1.54) is 0 Å². The Hall–Kier alpha value is -1.55. The van der Waals surface area contributed by atoms with Crippen molar-refractivity contribution >= 4 is 11.6 Å². The molecule has 0 saturated carbocycles. The molecule has 1 aliphatic rings. The predicted molar refractivity (Wildman–Crippen MR) is 66.4 cm³/mol. The van der Waals surface area contributed by atoms with Gasteiger partial charge in [-0.2, -0.15) is 0 Å². The Kier molecular flexibility index (Phi) is 3.07. The van der Waals surface area contributed by atoms with Crippen molar-refractivity contribution < 1.29 is 9.90 Å². The molecule has 0 aliphatic carbocycles. The van der Waals surface area contributed by atoms with Crippen LogP contribution in [0.4, 0.5) is 5.69 Å². The van der Waals surface area contributed by atoms with E-state index in [0.29, 0.717) is 17.8 Å². The lowest BCUT2D eigenvalue weighted by atomic mass is 10.0. The lowest BCUT2D eigenvalue weighted by Crippen LogP contribution is -2.41. The second-order valence-corrected chi connectivity index (χ2v) is 4.81. The highest BCUT2D eigenvalue weighted by Gasteiger charge is 2.34. The van der Waals surface area contributed by atoms with Gasteiger partial charge in [-0.3, -0.25) is 4.79 Å². The van der Waals surface area contributed by atoms with Crippen LogP contribution in [0.25, 0.3) is 0 Å². The first kappa shape index (κ1) is 11.9. The Morgan fingerprint density at radius 3 is 2.71 bits per heavy atom. The topological polar surface area (TPSA) is 66.6 Å². The standard InChI is InChI=1S/C13H18N2O2/c1-8(2)11(7-16)15-6-9-4-3-5-10(14)12(9)13(15)17/h3-5,8,11,16H,6-7,14H2,1-2H3/t11-/m0/s1. The molecule has 3 N–H and O–H groups in total. The van der Waals surface area contributed by atoms with Crippen LogP contribution in [0, 0.1) is 5.92 Å². The highest BCUT2D eigenvalue weighted by atomic mass is 16.3. The summed E-state index contributed by atoms with van der Waals surface area (Å²) in [5, 5.41) is 9.40. The molecular formula is C13H18N2O2. The van der Waals surface area contributed by atoms with Gasteiger partial charge in [0.15, 0.2) is 0 Å². The maximum Gasteiger partial charge on any atom is 0.256 e. The van der Waals surface area contributed by atoms with E-state index in [2.05, 4.69) is 0 Å². The number of aliphatic hydroxyl groups excluding tert-OH is 1. The fourth-order valence-electron chi connectivity index (χ4n) is 2.35. The quantitative estimate of drug-likeness (QED) is 0.773. The zero-order chi connectivity index (χ0) is 12.6. The normalized spacial score (nSPS) is 16.5. The molecule has 0 unspecified atom stereocenters. The van der Waals surface area contributed by atoms with E-state index in [1.807, 2.05) is 26.0 Å². The van der Waals surface area contributed by atoms with Crippen molar-refractivity contribution in [2.75, 3.05) is 12.3 Å². The first-order valence-electron chi connectivity index (χ1n) is 5.85. The third kappa shape index (κ3) is 1.89. The summed E-state index contributed by atoms with van der Waals surface area (Å²) in [4.78, 5) is 14.0. The zero-order valence-corrected chi connectivity index (χ0v) is 10.2. The van der Waals surface area contributed by atoms with Gasteiger partial charge in [-0.25, -0.2) is 0 Å². The second-order valence-electron chi connectivity index (χ2n) is 4.81. The number of anilines is 1. The SMILES string of the molecule is CC(C)[C@H](CO)N1Cc2cccc(N)c2C1=O. The predicted octanol–water partition coefficient (Wildman–Crippen LogP) is 1.24. The van der Waals surface area contributed by atoms with Crippen LogP contribution in [0.15, 0.2) is 18.2 Å². The van der Waals surface area contributed by atoms with Gasteiger partial charge in [0.05, 0.1) is 18.2 Å². The minimum atomic E-state index is -0.144. The lowest BCUT2D eigenvalue weighted by molar-refractivity contribution is 0.0533. The number of carbonyl (C=O) groups is 1. The molecule has 1 amide bonds. The number of hydrogen-bond donors (Lipinski definition) is 2. The third-order valence-electron chi connectivity index (χ3n) is 3.36. The summed E-state index contributed by atoms with van der Waals surface area (Å²) in [7, 11) is 0. The van der Waals surface area contributed by atoms with E-state index in [4.69, 9.17) is 5.73 Å². The van der Waals surface area contributed by atoms with Crippen LogP contribution in [0.1, 0.15) is 29.8 Å². The van der Waals surface area contributed by atoms with E-state index in [0.717, 1.165) is 5.56 Å². The molecule has 0 radical (unpaired) electrons. The van der Waals surface area contributed by atoms with E-state index < -0.39 is 0 Å². The number of benzene rings is 1. The van der Waals surface area contributed by atoms with Gasteiger partial charge in [0.25, 0.3) is 5.91 Å². The largest absolute Gasteiger partial charge is 0.398 e. The minimum absolute atomic E-state index is 0.0166. The molecule has 1 aromatic rings. The number of fused-ring (bicyclic) bond motifs is 1. The summed E-state index contributed by atoms with van der Waals surface area (Å²) >= 11 is 0. The molecule has 92 valence electrons. The van der Waals surface area contributed by atoms with E-state index in [9.17, 15) is 9.90 Å². The molecule has 17 heavy (non-hydrogen) atoms. The molecule has 0 spiro atoms. The Morgan fingerprint density at radius 2 is 2.18 bits per heavy atom. The fourth-order valence-corrected chi connectivity index (χ4v) is 2.35. The summed E-state index contributed by atoms with van der Waals surface area (Å²) < 4.78 is 0. The third-order valence-corrected chi connectivity index (χ3v) is 3.36. The van der Waals surface area contributed by atoms with Crippen LogP contribution in [0.2, 0.25) is 0 Å². The number of nitrogens with zero attached hydrogens (tertiary/aromatic N) is 1. The maximum atomic E-state index is 12.3. The van der Waals surface area contributed by atoms with E-state index in [1.54, 1.807) is 11.0 Å². The highest BCUT2D eigenvalue weighted by molar-refractivity contribution is 6.03. The first-order valence-corrected chi connectivity index (χ1v) is 5.85. The van der Waals surface area contributed by atoms with Gasteiger partial charge in [-0.05, 0) is 17.5 Å². The molecule has 1 aromatic carbocycles. The van der Waals surface area contributed by atoms with Gasteiger partial charge >= 0.3 is 0 Å². The lowest BCUT2D eigenvalue weighted by Gasteiger charge is -2.29. The average molecular weight is 234 g/mol. The second kappa shape index (κ2) is 4.37. The number of nitrogens with two attached hydrogens (primary N) is 1. The molecule has 2 rings (SSSR count). The van der Waals surface area contributed by atoms with Gasteiger partial charge in [-0.1, -0.05) is 26.0 Å². The molecular weight excluding hydrogens is 216 g/mol. The molecule has 4 nitrogen and oxygen atoms in total. The average Bonchev–Trinajstić information content (AvgIpc) is 2.58.